The fourth-order valence-electron chi connectivity index (χ4n) is 4.78. The molecule has 1 N–H and O–H groups in total. The van der Waals surface area contributed by atoms with Crippen LogP contribution in [0.3, 0.4) is 0 Å². The van der Waals surface area contributed by atoms with Crippen molar-refractivity contribution in [3.8, 4) is 5.75 Å². The van der Waals surface area contributed by atoms with E-state index in [1.54, 1.807) is 17.0 Å². The van der Waals surface area contributed by atoms with E-state index >= 15 is 0 Å². The molecule has 2 aromatic rings. The smallest absolute Gasteiger partial charge is 0.404 e. The van der Waals surface area contributed by atoms with Crippen molar-refractivity contribution >= 4 is 35.2 Å². The number of carbonyl (C=O) groups is 2. The second kappa shape index (κ2) is 10.5. The molecule has 36 heavy (non-hydrogen) atoms. The summed E-state index contributed by atoms with van der Waals surface area (Å²) in [5, 5.41) is 2.17. The molecule has 192 valence electrons. The largest absolute Gasteiger partial charge is 0.573 e. The van der Waals surface area contributed by atoms with Gasteiger partial charge in [-0.1, -0.05) is 23.7 Å². The van der Waals surface area contributed by atoms with E-state index in [0.717, 1.165) is 30.5 Å². The Bertz CT molecular complexity index is 1160. The summed E-state index contributed by atoms with van der Waals surface area (Å²) in [6.45, 7) is 3.22. The summed E-state index contributed by atoms with van der Waals surface area (Å²) in [5.41, 5.74) is 1.28. The maximum absolute atomic E-state index is 13.2. The van der Waals surface area contributed by atoms with Crippen molar-refractivity contribution in [2.24, 2.45) is 0 Å². The first-order valence-corrected chi connectivity index (χ1v) is 11.7. The number of anilines is 1. The zero-order valence-corrected chi connectivity index (χ0v) is 20.1. The van der Waals surface area contributed by atoms with Gasteiger partial charge in [0.1, 0.15) is 11.6 Å². The van der Waals surface area contributed by atoms with Crippen LogP contribution < -0.4 is 10.1 Å². The van der Waals surface area contributed by atoms with Gasteiger partial charge in [0.2, 0.25) is 11.8 Å². The molecule has 4 rings (SSSR count). The number of halogens is 5. The summed E-state index contributed by atoms with van der Waals surface area (Å²) in [7, 11) is 0. The Morgan fingerprint density at radius 2 is 1.78 bits per heavy atom. The summed E-state index contributed by atoms with van der Waals surface area (Å²) in [6, 6.07) is 8.49. The van der Waals surface area contributed by atoms with Gasteiger partial charge in [-0.15, -0.1) is 13.2 Å². The molecule has 11 heteroatoms. The number of nitrogens with zero attached hydrogens (tertiary/aromatic N) is 2. The molecule has 2 aromatic carbocycles. The number of piperazine rings is 1. The van der Waals surface area contributed by atoms with Gasteiger partial charge < -0.3 is 15.0 Å². The maximum atomic E-state index is 13.2. The van der Waals surface area contributed by atoms with Crippen LogP contribution in [0.25, 0.3) is 6.08 Å². The summed E-state index contributed by atoms with van der Waals surface area (Å²) < 4.78 is 55.4. The third-order valence-electron chi connectivity index (χ3n) is 6.18. The standard InChI is InChI=1S/C25H24ClF4N3O3/c1-15(34)31-22-11-21(26)23(36-25(28,29)30)10-17(22)4-9-24(35)33-19-7-8-20(33)14-32(13-19)12-16-2-5-18(27)6-3-16/h2-6,9-11,19-20H,7-8,12-14H2,1H3,(H,31,34)/b9-4+. The van der Waals surface area contributed by atoms with E-state index in [4.69, 9.17) is 11.6 Å². The molecule has 0 aromatic heterocycles. The van der Waals surface area contributed by atoms with Crippen LogP contribution in [0.5, 0.6) is 5.75 Å². The Kier molecular flexibility index (Phi) is 7.56. The number of benzene rings is 2. The van der Waals surface area contributed by atoms with Gasteiger partial charge in [0.25, 0.3) is 0 Å². The highest BCUT2D eigenvalue weighted by Crippen LogP contribution is 2.36. The van der Waals surface area contributed by atoms with Gasteiger partial charge in [0.15, 0.2) is 0 Å². The summed E-state index contributed by atoms with van der Waals surface area (Å²) in [6.07, 6.45) is -0.648. The average molecular weight is 526 g/mol. The zero-order valence-electron chi connectivity index (χ0n) is 19.3. The fraction of sp³-hybridized carbons (Fsp3) is 0.360. The highest BCUT2D eigenvalue weighted by atomic mass is 35.5. The summed E-state index contributed by atoms with van der Waals surface area (Å²) >= 11 is 5.90. The van der Waals surface area contributed by atoms with E-state index < -0.39 is 18.0 Å². The van der Waals surface area contributed by atoms with Gasteiger partial charge in [0.05, 0.1) is 5.02 Å². The first-order valence-electron chi connectivity index (χ1n) is 11.3. The van der Waals surface area contributed by atoms with Crippen LogP contribution in [0.1, 0.15) is 30.9 Å². The second-order valence-electron chi connectivity index (χ2n) is 8.88. The molecule has 2 atom stereocenters. The highest BCUT2D eigenvalue weighted by Gasteiger charge is 2.41. The maximum Gasteiger partial charge on any atom is 0.573 e. The van der Waals surface area contributed by atoms with Crippen LogP contribution in [-0.4, -0.2) is 53.1 Å². The summed E-state index contributed by atoms with van der Waals surface area (Å²) in [5.74, 6) is -1.65. The topological polar surface area (TPSA) is 61.9 Å². The second-order valence-corrected chi connectivity index (χ2v) is 9.29. The number of nitrogens with one attached hydrogen (secondary N) is 1. The first kappa shape index (κ1) is 26.0. The summed E-state index contributed by atoms with van der Waals surface area (Å²) in [4.78, 5) is 28.7. The lowest BCUT2D eigenvalue weighted by molar-refractivity contribution is -0.274. The van der Waals surface area contributed by atoms with Crippen LogP contribution in [-0.2, 0) is 16.1 Å². The van der Waals surface area contributed by atoms with E-state index in [1.165, 1.54) is 31.2 Å². The van der Waals surface area contributed by atoms with Crippen LogP contribution in [0.2, 0.25) is 5.02 Å². The van der Waals surface area contributed by atoms with Crippen LogP contribution in [0.15, 0.2) is 42.5 Å². The normalized spacial score (nSPS) is 20.1. The number of hydrogen-bond acceptors (Lipinski definition) is 4. The number of alkyl halides is 3. The molecule has 2 aliphatic rings. The molecule has 2 bridgehead atoms. The lowest BCUT2D eigenvalue weighted by Gasteiger charge is -2.40. The third-order valence-corrected chi connectivity index (χ3v) is 6.47. The lowest BCUT2D eigenvalue weighted by Crippen LogP contribution is -2.55. The molecular formula is C25H24ClF4N3O3. The van der Waals surface area contributed by atoms with E-state index in [2.05, 4.69) is 15.0 Å². The average Bonchev–Trinajstić information content (AvgIpc) is 3.05. The van der Waals surface area contributed by atoms with Crippen molar-refractivity contribution in [3.05, 3.63) is 64.4 Å². The van der Waals surface area contributed by atoms with Gasteiger partial charge in [0, 0.05) is 56.0 Å². The minimum absolute atomic E-state index is 0.00879. The Hall–Kier alpha value is -3.11. The third kappa shape index (κ3) is 6.36. The molecule has 2 heterocycles. The van der Waals surface area contributed by atoms with Crippen molar-refractivity contribution in [2.45, 2.75) is 44.8 Å². The molecule has 2 saturated heterocycles. The van der Waals surface area contributed by atoms with Crippen molar-refractivity contribution in [1.82, 2.24) is 9.80 Å². The molecule has 0 radical (unpaired) electrons. The van der Waals surface area contributed by atoms with Gasteiger partial charge >= 0.3 is 6.36 Å². The van der Waals surface area contributed by atoms with Gasteiger partial charge in [-0.2, -0.15) is 0 Å². The zero-order chi connectivity index (χ0) is 26.0. The Morgan fingerprint density at radius 1 is 1.14 bits per heavy atom. The molecular weight excluding hydrogens is 502 g/mol. The fourth-order valence-corrected chi connectivity index (χ4v) is 4.98. The van der Waals surface area contributed by atoms with E-state index in [1.807, 2.05) is 0 Å². The SMILES string of the molecule is CC(=O)Nc1cc(Cl)c(OC(F)(F)F)cc1/C=C/C(=O)N1C2CCC1CN(Cc1ccc(F)cc1)C2. The monoisotopic (exact) mass is 525 g/mol. The van der Waals surface area contributed by atoms with Crippen molar-refractivity contribution in [1.29, 1.82) is 0 Å². The number of ether oxygens (including phenoxy) is 1. The van der Waals surface area contributed by atoms with Crippen molar-refractivity contribution in [2.75, 3.05) is 18.4 Å². The van der Waals surface area contributed by atoms with E-state index in [-0.39, 0.29) is 40.1 Å². The predicted octanol–water partition coefficient (Wildman–Crippen LogP) is 5.22. The Labute approximate surface area is 210 Å². The molecule has 2 amide bonds. The number of fused-ring (bicyclic) bond motifs is 2. The quantitative estimate of drug-likeness (QED) is 0.415. The lowest BCUT2D eigenvalue weighted by atomic mass is 10.1. The molecule has 0 saturated carbocycles. The van der Waals surface area contributed by atoms with Gasteiger partial charge in [-0.25, -0.2) is 4.39 Å². The number of amides is 2. The molecule has 0 aliphatic carbocycles. The number of carbonyl (C=O) groups excluding carboxylic acids is 2. The number of hydrogen-bond donors (Lipinski definition) is 1. The van der Waals surface area contributed by atoms with E-state index in [0.29, 0.717) is 19.6 Å². The highest BCUT2D eigenvalue weighted by molar-refractivity contribution is 6.32. The first-order chi connectivity index (χ1) is 17.0. The van der Waals surface area contributed by atoms with Gasteiger partial charge in [-0.05, 0) is 48.7 Å². The predicted molar refractivity (Wildman–Crippen MR) is 127 cm³/mol. The Balaban J connectivity index is 1.49. The van der Waals surface area contributed by atoms with Crippen molar-refractivity contribution in [3.63, 3.8) is 0 Å². The Morgan fingerprint density at radius 3 is 2.36 bits per heavy atom. The van der Waals surface area contributed by atoms with Crippen LogP contribution in [0.4, 0.5) is 23.2 Å². The van der Waals surface area contributed by atoms with Crippen molar-refractivity contribution < 1.29 is 31.9 Å². The molecule has 6 nitrogen and oxygen atoms in total. The minimum atomic E-state index is -4.96. The molecule has 2 aliphatic heterocycles. The minimum Gasteiger partial charge on any atom is -0.404 e. The number of likely N-dealkylation sites (tertiary alicyclic amines) is 1. The van der Waals surface area contributed by atoms with E-state index in [9.17, 15) is 27.2 Å². The van der Waals surface area contributed by atoms with Gasteiger partial charge in [-0.3, -0.25) is 14.5 Å². The molecule has 2 unspecified atom stereocenters. The van der Waals surface area contributed by atoms with Crippen LogP contribution >= 0.6 is 11.6 Å². The number of rotatable bonds is 6. The van der Waals surface area contributed by atoms with Crippen LogP contribution in [0, 0.1) is 5.82 Å². The molecule has 0 spiro atoms. The molecule has 2 fully saturated rings.